The van der Waals surface area contributed by atoms with E-state index in [0.717, 1.165) is 33.5 Å². The molecule has 26 heavy (non-hydrogen) atoms. The number of hydrogen-bond acceptors (Lipinski definition) is 3. The SMILES string of the molecule is COc1ccc(OC)c(CCNC(=O)c2cc3c(C)cc(C)cc3[nH]2)c1. The van der Waals surface area contributed by atoms with Gasteiger partial charge in [-0.15, -0.1) is 0 Å². The number of carbonyl (C=O) groups excluding carboxylic acids is 1. The zero-order valence-corrected chi connectivity index (χ0v) is 15.6. The summed E-state index contributed by atoms with van der Waals surface area (Å²) in [5.74, 6) is 1.45. The molecule has 1 heterocycles. The van der Waals surface area contributed by atoms with Crippen LogP contribution in [0.3, 0.4) is 0 Å². The molecule has 2 N–H and O–H groups in total. The highest BCUT2D eigenvalue weighted by Crippen LogP contribution is 2.24. The Labute approximate surface area is 153 Å². The van der Waals surface area contributed by atoms with Crippen molar-refractivity contribution in [3.8, 4) is 11.5 Å². The standard InChI is InChI=1S/C21H24N2O3/c1-13-9-14(2)17-12-19(23-18(17)10-13)21(24)22-8-7-15-11-16(25-3)5-6-20(15)26-4/h5-6,9-12,23H,7-8H2,1-4H3,(H,22,24). The second kappa shape index (κ2) is 7.52. The van der Waals surface area contributed by atoms with Gasteiger partial charge in [0.15, 0.2) is 0 Å². The van der Waals surface area contributed by atoms with E-state index >= 15 is 0 Å². The molecule has 0 bridgehead atoms. The molecule has 1 amide bonds. The highest BCUT2D eigenvalue weighted by atomic mass is 16.5. The van der Waals surface area contributed by atoms with E-state index in [1.807, 2.05) is 24.3 Å². The molecule has 0 spiro atoms. The molecule has 2 aromatic carbocycles. The number of fused-ring (bicyclic) bond motifs is 1. The lowest BCUT2D eigenvalue weighted by atomic mass is 10.1. The van der Waals surface area contributed by atoms with Gasteiger partial charge in [0.25, 0.3) is 5.91 Å². The van der Waals surface area contributed by atoms with E-state index in [1.165, 1.54) is 5.56 Å². The number of amides is 1. The van der Waals surface area contributed by atoms with Crippen molar-refractivity contribution in [3.05, 3.63) is 58.8 Å². The maximum absolute atomic E-state index is 12.5. The quantitative estimate of drug-likeness (QED) is 0.710. The van der Waals surface area contributed by atoms with Gasteiger partial charge in [-0.05, 0) is 67.3 Å². The zero-order valence-electron chi connectivity index (χ0n) is 15.6. The molecular formula is C21H24N2O3. The lowest BCUT2D eigenvalue weighted by Gasteiger charge is -2.11. The first-order valence-electron chi connectivity index (χ1n) is 8.61. The molecular weight excluding hydrogens is 328 g/mol. The highest BCUT2D eigenvalue weighted by molar-refractivity contribution is 5.99. The molecule has 136 valence electrons. The summed E-state index contributed by atoms with van der Waals surface area (Å²) < 4.78 is 10.6. The monoisotopic (exact) mass is 352 g/mol. The van der Waals surface area contributed by atoms with Crippen molar-refractivity contribution in [2.24, 2.45) is 0 Å². The van der Waals surface area contributed by atoms with Crippen LogP contribution in [0.5, 0.6) is 11.5 Å². The maximum atomic E-state index is 12.5. The third-order valence-electron chi connectivity index (χ3n) is 4.50. The van der Waals surface area contributed by atoms with Crippen molar-refractivity contribution in [1.82, 2.24) is 10.3 Å². The number of rotatable bonds is 6. The Balaban J connectivity index is 1.69. The van der Waals surface area contributed by atoms with Crippen molar-refractivity contribution < 1.29 is 14.3 Å². The Hall–Kier alpha value is -2.95. The van der Waals surface area contributed by atoms with Gasteiger partial charge in [-0.2, -0.15) is 0 Å². The molecule has 0 aliphatic rings. The van der Waals surface area contributed by atoms with Crippen molar-refractivity contribution in [2.75, 3.05) is 20.8 Å². The first kappa shape index (κ1) is 17.9. The van der Waals surface area contributed by atoms with Crippen LogP contribution in [0.15, 0.2) is 36.4 Å². The van der Waals surface area contributed by atoms with E-state index in [0.29, 0.717) is 18.7 Å². The van der Waals surface area contributed by atoms with E-state index in [-0.39, 0.29) is 5.91 Å². The zero-order chi connectivity index (χ0) is 18.7. The first-order chi connectivity index (χ1) is 12.5. The number of ether oxygens (including phenoxy) is 2. The molecule has 0 atom stereocenters. The number of methoxy groups -OCH3 is 2. The minimum Gasteiger partial charge on any atom is -0.497 e. The summed E-state index contributed by atoms with van der Waals surface area (Å²) in [5.41, 5.74) is 4.90. The fourth-order valence-corrected chi connectivity index (χ4v) is 3.20. The Morgan fingerprint density at radius 1 is 1.08 bits per heavy atom. The third-order valence-corrected chi connectivity index (χ3v) is 4.50. The normalized spacial score (nSPS) is 10.8. The van der Waals surface area contributed by atoms with Gasteiger partial charge in [0, 0.05) is 17.4 Å². The summed E-state index contributed by atoms with van der Waals surface area (Å²) in [6.45, 7) is 4.62. The molecule has 5 nitrogen and oxygen atoms in total. The Bertz CT molecular complexity index is 944. The van der Waals surface area contributed by atoms with E-state index in [4.69, 9.17) is 9.47 Å². The Morgan fingerprint density at radius 3 is 2.62 bits per heavy atom. The highest BCUT2D eigenvalue weighted by Gasteiger charge is 2.12. The molecule has 0 radical (unpaired) electrons. The molecule has 0 aliphatic carbocycles. The van der Waals surface area contributed by atoms with Gasteiger partial charge in [-0.3, -0.25) is 4.79 Å². The topological polar surface area (TPSA) is 63.4 Å². The summed E-state index contributed by atoms with van der Waals surface area (Å²) in [4.78, 5) is 15.7. The first-order valence-corrected chi connectivity index (χ1v) is 8.61. The second-order valence-corrected chi connectivity index (χ2v) is 6.41. The Kier molecular flexibility index (Phi) is 5.16. The summed E-state index contributed by atoms with van der Waals surface area (Å²) in [7, 11) is 3.27. The number of hydrogen-bond donors (Lipinski definition) is 2. The second-order valence-electron chi connectivity index (χ2n) is 6.41. The van der Waals surface area contributed by atoms with Crippen molar-refractivity contribution in [1.29, 1.82) is 0 Å². The molecule has 0 fully saturated rings. The molecule has 5 heteroatoms. The van der Waals surface area contributed by atoms with Crippen LogP contribution < -0.4 is 14.8 Å². The van der Waals surface area contributed by atoms with Crippen molar-refractivity contribution in [3.63, 3.8) is 0 Å². The lowest BCUT2D eigenvalue weighted by molar-refractivity contribution is 0.0950. The predicted molar refractivity (Wildman–Crippen MR) is 103 cm³/mol. The fraction of sp³-hybridized carbons (Fsp3) is 0.286. The molecule has 0 aliphatic heterocycles. The largest absolute Gasteiger partial charge is 0.497 e. The van der Waals surface area contributed by atoms with Gasteiger partial charge < -0.3 is 19.8 Å². The third kappa shape index (κ3) is 3.67. The van der Waals surface area contributed by atoms with Crippen LogP contribution in [0.4, 0.5) is 0 Å². The summed E-state index contributed by atoms with van der Waals surface area (Å²) in [6, 6.07) is 11.7. The van der Waals surface area contributed by atoms with Crippen LogP contribution in [-0.4, -0.2) is 31.7 Å². The summed E-state index contributed by atoms with van der Waals surface area (Å²) >= 11 is 0. The van der Waals surface area contributed by atoms with E-state index < -0.39 is 0 Å². The van der Waals surface area contributed by atoms with Gasteiger partial charge in [0.2, 0.25) is 0 Å². The predicted octanol–water partition coefficient (Wildman–Crippen LogP) is 3.77. The van der Waals surface area contributed by atoms with Crippen LogP contribution in [0.2, 0.25) is 0 Å². The molecule has 0 unspecified atom stereocenters. The molecule has 0 saturated carbocycles. The fourth-order valence-electron chi connectivity index (χ4n) is 3.20. The van der Waals surface area contributed by atoms with Crippen LogP contribution in [0.1, 0.15) is 27.2 Å². The van der Waals surface area contributed by atoms with Gasteiger partial charge in [-0.25, -0.2) is 0 Å². The maximum Gasteiger partial charge on any atom is 0.267 e. The number of carbonyl (C=O) groups is 1. The average Bonchev–Trinajstić information content (AvgIpc) is 3.06. The number of aryl methyl sites for hydroxylation is 2. The number of H-pyrrole nitrogens is 1. The van der Waals surface area contributed by atoms with Gasteiger partial charge in [0.1, 0.15) is 17.2 Å². The molecule has 3 rings (SSSR count). The van der Waals surface area contributed by atoms with E-state index in [1.54, 1.807) is 14.2 Å². The van der Waals surface area contributed by atoms with Gasteiger partial charge >= 0.3 is 0 Å². The summed E-state index contributed by atoms with van der Waals surface area (Å²) in [6.07, 6.45) is 0.657. The van der Waals surface area contributed by atoms with Gasteiger partial charge in [0.05, 0.1) is 14.2 Å². The van der Waals surface area contributed by atoms with Crippen LogP contribution in [0.25, 0.3) is 10.9 Å². The minimum atomic E-state index is -0.111. The minimum absolute atomic E-state index is 0.111. The van der Waals surface area contributed by atoms with Crippen LogP contribution in [-0.2, 0) is 6.42 Å². The summed E-state index contributed by atoms with van der Waals surface area (Å²) in [5, 5.41) is 4.04. The van der Waals surface area contributed by atoms with E-state index in [2.05, 4.69) is 36.3 Å². The number of aromatic amines is 1. The van der Waals surface area contributed by atoms with Crippen LogP contribution in [0, 0.1) is 13.8 Å². The lowest BCUT2D eigenvalue weighted by Crippen LogP contribution is -2.26. The molecule has 3 aromatic rings. The molecule has 0 saturated heterocycles. The smallest absolute Gasteiger partial charge is 0.267 e. The van der Waals surface area contributed by atoms with Crippen molar-refractivity contribution >= 4 is 16.8 Å². The number of benzene rings is 2. The number of nitrogens with one attached hydrogen (secondary N) is 2. The van der Waals surface area contributed by atoms with E-state index in [9.17, 15) is 4.79 Å². The Morgan fingerprint density at radius 2 is 1.88 bits per heavy atom. The molecule has 1 aromatic heterocycles. The van der Waals surface area contributed by atoms with Crippen molar-refractivity contribution in [2.45, 2.75) is 20.3 Å². The van der Waals surface area contributed by atoms with Gasteiger partial charge in [-0.1, -0.05) is 6.07 Å². The van der Waals surface area contributed by atoms with Crippen LogP contribution >= 0.6 is 0 Å². The average molecular weight is 352 g/mol. The number of aromatic nitrogens is 1.